The minimum atomic E-state index is 0.0922. The Balaban J connectivity index is 1.84. The Hall–Kier alpha value is -0.610. The number of likely N-dealkylation sites (tertiary alicyclic amines) is 2. The summed E-state index contributed by atoms with van der Waals surface area (Å²) in [4.78, 5) is 16.7. The van der Waals surface area contributed by atoms with Crippen LogP contribution in [0.5, 0.6) is 0 Å². The molecule has 1 N–H and O–H groups in total. The Morgan fingerprint density at radius 1 is 1.24 bits per heavy atom. The first-order chi connectivity index (χ1) is 8.22. The van der Waals surface area contributed by atoms with Crippen LogP contribution in [0.1, 0.15) is 32.6 Å². The highest BCUT2D eigenvalue weighted by Gasteiger charge is 2.36. The van der Waals surface area contributed by atoms with Gasteiger partial charge in [-0.25, -0.2) is 0 Å². The van der Waals surface area contributed by atoms with Crippen LogP contribution in [-0.2, 0) is 4.79 Å². The smallest absolute Gasteiger partial charge is 0.240 e. The van der Waals surface area contributed by atoms with Gasteiger partial charge >= 0.3 is 0 Å². The first kappa shape index (κ1) is 12.8. The number of nitrogens with one attached hydrogen (secondary N) is 1. The number of hydrogen-bond acceptors (Lipinski definition) is 3. The number of carbonyl (C=O) groups excluding carboxylic acids is 1. The molecule has 2 aliphatic heterocycles. The van der Waals surface area contributed by atoms with Crippen LogP contribution in [0.4, 0.5) is 0 Å². The summed E-state index contributed by atoms with van der Waals surface area (Å²) < 4.78 is 0. The standard InChI is InChI=1S/C13H25N3O/c1-3-7-14-12-6-10-16(13(12)17)11-4-8-15(2)9-5-11/h11-12,14H,3-10H2,1-2H3. The fraction of sp³-hybridized carbons (Fsp3) is 0.923. The first-order valence-corrected chi connectivity index (χ1v) is 6.94. The molecule has 2 heterocycles. The minimum absolute atomic E-state index is 0.0922. The quantitative estimate of drug-likeness (QED) is 0.784. The largest absolute Gasteiger partial charge is 0.338 e. The van der Waals surface area contributed by atoms with Crippen molar-refractivity contribution in [2.24, 2.45) is 0 Å². The van der Waals surface area contributed by atoms with Crippen molar-refractivity contribution in [2.75, 3.05) is 33.2 Å². The third-order valence-electron chi connectivity index (χ3n) is 4.01. The normalized spacial score (nSPS) is 28.0. The van der Waals surface area contributed by atoms with Gasteiger partial charge in [0.15, 0.2) is 0 Å². The maximum Gasteiger partial charge on any atom is 0.240 e. The van der Waals surface area contributed by atoms with Gasteiger partial charge in [0, 0.05) is 12.6 Å². The molecule has 2 fully saturated rings. The SMILES string of the molecule is CCCNC1CCN(C2CCN(C)CC2)C1=O. The summed E-state index contributed by atoms with van der Waals surface area (Å²) in [5.74, 6) is 0.341. The molecule has 0 aromatic carbocycles. The molecule has 0 radical (unpaired) electrons. The fourth-order valence-corrected chi connectivity index (χ4v) is 2.88. The van der Waals surface area contributed by atoms with Crippen molar-refractivity contribution in [2.45, 2.75) is 44.7 Å². The number of piperidine rings is 1. The van der Waals surface area contributed by atoms with E-state index in [1.165, 1.54) is 0 Å². The summed E-state index contributed by atoms with van der Waals surface area (Å²) in [6.07, 6.45) is 4.37. The van der Waals surface area contributed by atoms with E-state index in [-0.39, 0.29) is 6.04 Å². The number of carbonyl (C=O) groups is 1. The van der Waals surface area contributed by atoms with E-state index in [0.29, 0.717) is 11.9 Å². The van der Waals surface area contributed by atoms with Gasteiger partial charge in [0.2, 0.25) is 5.91 Å². The Morgan fingerprint density at radius 3 is 2.59 bits per heavy atom. The zero-order valence-electron chi connectivity index (χ0n) is 11.1. The average Bonchev–Trinajstić information content (AvgIpc) is 2.69. The lowest BCUT2D eigenvalue weighted by Gasteiger charge is -2.35. The highest BCUT2D eigenvalue weighted by atomic mass is 16.2. The lowest BCUT2D eigenvalue weighted by atomic mass is 10.0. The third-order valence-corrected chi connectivity index (χ3v) is 4.01. The first-order valence-electron chi connectivity index (χ1n) is 6.94. The topological polar surface area (TPSA) is 35.6 Å². The van der Waals surface area contributed by atoms with E-state index in [1.807, 2.05) is 0 Å². The van der Waals surface area contributed by atoms with E-state index < -0.39 is 0 Å². The van der Waals surface area contributed by atoms with E-state index in [2.05, 4.69) is 29.1 Å². The number of hydrogen-bond donors (Lipinski definition) is 1. The Bertz CT molecular complexity index is 261. The van der Waals surface area contributed by atoms with Crippen molar-refractivity contribution < 1.29 is 4.79 Å². The van der Waals surface area contributed by atoms with Crippen LogP contribution in [-0.4, -0.2) is 61.0 Å². The molecule has 4 heteroatoms. The molecule has 1 unspecified atom stereocenters. The predicted octanol–water partition coefficient (Wildman–Crippen LogP) is 0.681. The Morgan fingerprint density at radius 2 is 1.94 bits per heavy atom. The van der Waals surface area contributed by atoms with Crippen molar-refractivity contribution in [1.82, 2.24) is 15.1 Å². The van der Waals surface area contributed by atoms with Gasteiger partial charge in [-0.15, -0.1) is 0 Å². The molecular weight excluding hydrogens is 214 g/mol. The van der Waals surface area contributed by atoms with Gasteiger partial charge < -0.3 is 15.1 Å². The van der Waals surface area contributed by atoms with Crippen LogP contribution in [0.2, 0.25) is 0 Å². The van der Waals surface area contributed by atoms with Gasteiger partial charge in [0.05, 0.1) is 6.04 Å². The molecule has 17 heavy (non-hydrogen) atoms. The monoisotopic (exact) mass is 239 g/mol. The second-order valence-corrected chi connectivity index (χ2v) is 5.36. The molecular formula is C13H25N3O. The third kappa shape index (κ3) is 2.99. The molecule has 0 spiro atoms. The molecule has 0 aromatic rings. The number of rotatable bonds is 4. The summed E-state index contributed by atoms with van der Waals surface area (Å²) in [5, 5.41) is 3.36. The van der Waals surface area contributed by atoms with Gasteiger partial charge in [-0.1, -0.05) is 6.92 Å². The molecule has 2 aliphatic rings. The van der Waals surface area contributed by atoms with Gasteiger partial charge in [0.1, 0.15) is 0 Å². The molecule has 0 bridgehead atoms. The van der Waals surface area contributed by atoms with Crippen molar-refractivity contribution in [1.29, 1.82) is 0 Å². The van der Waals surface area contributed by atoms with Gasteiger partial charge in [-0.05, 0) is 52.4 Å². The van der Waals surface area contributed by atoms with Gasteiger partial charge in [-0.2, -0.15) is 0 Å². The summed E-state index contributed by atoms with van der Waals surface area (Å²) >= 11 is 0. The van der Waals surface area contributed by atoms with Crippen molar-refractivity contribution in [3.63, 3.8) is 0 Å². The van der Waals surface area contributed by atoms with E-state index in [1.54, 1.807) is 0 Å². The molecule has 0 saturated carbocycles. The van der Waals surface area contributed by atoms with E-state index in [9.17, 15) is 4.79 Å². The highest BCUT2D eigenvalue weighted by molar-refractivity contribution is 5.84. The minimum Gasteiger partial charge on any atom is -0.338 e. The van der Waals surface area contributed by atoms with Crippen LogP contribution >= 0.6 is 0 Å². The molecule has 0 aliphatic carbocycles. The highest BCUT2D eigenvalue weighted by Crippen LogP contribution is 2.21. The second-order valence-electron chi connectivity index (χ2n) is 5.36. The van der Waals surface area contributed by atoms with Crippen molar-refractivity contribution in [3.05, 3.63) is 0 Å². The van der Waals surface area contributed by atoms with Crippen LogP contribution in [0.15, 0.2) is 0 Å². The predicted molar refractivity (Wildman–Crippen MR) is 68.9 cm³/mol. The molecule has 1 amide bonds. The van der Waals surface area contributed by atoms with Gasteiger partial charge in [0.25, 0.3) is 0 Å². The maximum atomic E-state index is 12.2. The van der Waals surface area contributed by atoms with Crippen LogP contribution in [0, 0.1) is 0 Å². The zero-order valence-corrected chi connectivity index (χ0v) is 11.1. The molecule has 98 valence electrons. The van der Waals surface area contributed by atoms with Crippen LogP contribution < -0.4 is 5.32 Å². The second kappa shape index (κ2) is 5.83. The summed E-state index contributed by atoms with van der Waals surface area (Å²) in [5.41, 5.74) is 0. The summed E-state index contributed by atoms with van der Waals surface area (Å²) in [6, 6.07) is 0.585. The maximum absolute atomic E-state index is 12.2. The lowest BCUT2D eigenvalue weighted by molar-refractivity contribution is -0.132. The Labute approximate surface area is 104 Å². The van der Waals surface area contributed by atoms with Crippen LogP contribution in [0.3, 0.4) is 0 Å². The molecule has 0 aromatic heterocycles. The van der Waals surface area contributed by atoms with Gasteiger partial charge in [-0.3, -0.25) is 4.79 Å². The molecule has 1 atom stereocenters. The average molecular weight is 239 g/mol. The summed E-state index contributed by atoms with van der Waals surface area (Å²) in [6.45, 7) is 6.30. The zero-order chi connectivity index (χ0) is 12.3. The lowest BCUT2D eigenvalue weighted by Crippen LogP contribution is -2.47. The summed E-state index contributed by atoms with van der Waals surface area (Å²) in [7, 11) is 2.16. The van der Waals surface area contributed by atoms with E-state index >= 15 is 0 Å². The Kier molecular flexibility index (Phi) is 4.40. The number of amides is 1. The van der Waals surface area contributed by atoms with E-state index in [4.69, 9.17) is 0 Å². The molecule has 2 rings (SSSR count). The molecule has 2 saturated heterocycles. The van der Waals surface area contributed by atoms with Crippen molar-refractivity contribution >= 4 is 5.91 Å². The van der Waals surface area contributed by atoms with E-state index in [0.717, 1.165) is 51.9 Å². The number of nitrogens with zero attached hydrogens (tertiary/aromatic N) is 2. The van der Waals surface area contributed by atoms with Crippen LogP contribution in [0.25, 0.3) is 0 Å². The fourth-order valence-electron chi connectivity index (χ4n) is 2.88. The van der Waals surface area contributed by atoms with Crippen molar-refractivity contribution in [3.8, 4) is 0 Å². The molecule has 4 nitrogen and oxygen atoms in total.